The highest BCUT2D eigenvalue weighted by Crippen LogP contribution is 2.62. The van der Waals surface area contributed by atoms with Gasteiger partial charge in [-0.2, -0.15) is 0 Å². The van der Waals surface area contributed by atoms with Gasteiger partial charge in [-0.3, -0.25) is 14.4 Å². The summed E-state index contributed by atoms with van der Waals surface area (Å²) < 4.78 is 0. The third-order valence-electron chi connectivity index (χ3n) is 8.07. The standard InChI is InChI=1S/C31H24Cl3NO3/c1-30(2,3)29(38)26-25(21-11-9-18(33)15-22(21)34)31(27(36)19-6-4-5-7-20(19)28(31)37)24-13-8-16-14-17(32)10-12-23(16)35(24)26/h4-15,24-26H,1-3H3/t24-,25-,26-/m0/s1. The first-order valence-corrected chi connectivity index (χ1v) is 13.6. The molecule has 4 nitrogen and oxygen atoms in total. The van der Waals surface area contributed by atoms with E-state index in [1.807, 2.05) is 50.0 Å². The minimum absolute atomic E-state index is 0.0943. The Hall–Kier alpha value is -2.92. The van der Waals surface area contributed by atoms with E-state index in [0.717, 1.165) is 11.3 Å². The molecule has 38 heavy (non-hydrogen) atoms. The number of rotatable bonds is 2. The fourth-order valence-corrected chi connectivity index (χ4v) is 7.20. The average Bonchev–Trinajstić information content (AvgIpc) is 3.29. The Morgan fingerprint density at radius 1 is 0.868 bits per heavy atom. The van der Waals surface area contributed by atoms with Gasteiger partial charge in [0.25, 0.3) is 0 Å². The fourth-order valence-electron chi connectivity index (χ4n) is 6.49. The predicted molar refractivity (Wildman–Crippen MR) is 152 cm³/mol. The van der Waals surface area contributed by atoms with Crippen LogP contribution < -0.4 is 4.90 Å². The maximum Gasteiger partial charge on any atom is 0.180 e. The van der Waals surface area contributed by atoms with E-state index in [1.54, 1.807) is 48.5 Å². The van der Waals surface area contributed by atoms with Gasteiger partial charge in [0.05, 0.1) is 12.1 Å². The van der Waals surface area contributed by atoms with Crippen LogP contribution >= 0.6 is 34.8 Å². The van der Waals surface area contributed by atoms with Gasteiger partial charge in [-0.15, -0.1) is 0 Å². The van der Waals surface area contributed by atoms with E-state index in [-0.39, 0.29) is 17.3 Å². The number of nitrogens with zero attached hydrogens (tertiary/aromatic N) is 1. The van der Waals surface area contributed by atoms with Gasteiger partial charge in [-0.05, 0) is 41.5 Å². The SMILES string of the molecule is CC(C)(C)C(=O)[C@@H]1[C@H](c2ccc(Cl)cc2Cl)C2(C(=O)c3ccccc3C2=O)[C@@H]2C=Cc3cc(Cl)ccc3N12. The first-order valence-electron chi connectivity index (χ1n) is 12.4. The van der Waals surface area contributed by atoms with Crippen LogP contribution in [0.5, 0.6) is 0 Å². The monoisotopic (exact) mass is 563 g/mol. The highest BCUT2D eigenvalue weighted by Gasteiger charge is 2.72. The van der Waals surface area contributed by atoms with Gasteiger partial charge in [0, 0.05) is 43.2 Å². The number of anilines is 1. The van der Waals surface area contributed by atoms with Crippen LogP contribution in [0.15, 0.2) is 66.7 Å². The number of fused-ring (bicyclic) bond motifs is 5. The molecule has 2 heterocycles. The van der Waals surface area contributed by atoms with E-state index in [2.05, 4.69) is 0 Å². The first-order chi connectivity index (χ1) is 18.0. The molecule has 0 bridgehead atoms. The van der Waals surface area contributed by atoms with E-state index in [9.17, 15) is 14.4 Å². The molecule has 2 aliphatic heterocycles. The van der Waals surface area contributed by atoms with E-state index >= 15 is 0 Å². The van der Waals surface area contributed by atoms with Gasteiger partial charge < -0.3 is 4.90 Å². The van der Waals surface area contributed by atoms with Crippen molar-refractivity contribution in [2.45, 2.75) is 38.8 Å². The number of benzene rings is 3. The molecule has 0 amide bonds. The normalized spacial score (nSPS) is 23.0. The van der Waals surface area contributed by atoms with Crippen LogP contribution in [0.3, 0.4) is 0 Å². The zero-order valence-electron chi connectivity index (χ0n) is 21.0. The van der Waals surface area contributed by atoms with Crippen molar-refractivity contribution < 1.29 is 14.4 Å². The van der Waals surface area contributed by atoms with Crippen LogP contribution in [0.1, 0.15) is 58.5 Å². The number of ketones is 3. The Morgan fingerprint density at radius 3 is 2.08 bits per heavy atom. The van der Waals surface area contributed by atoms with Crippen molar-refractivity contribution in [3.8, 4) is 0 Å². The van der Waals surface area contributed by atoms with E-state index in [0.29, 0.717) is 31.8 Å². The maximum atomic E-state index is 14.5. The number of hydrogen-bond acceptors (Lipinski definition) is 4. The summed E-state index contributed by atoms with van der Waals surface area (Å²) in [5.74, 6) is -1.54. The molecule has 7 heteroatoms. The number of halogens is 3. The molecule has 0 unspecified atom stereocenters. The van der Waals surface area contributed by atoms with Crippen molar-refractivity contribution in [1.82, 2.24) is 0 Å². The van der Waals surface area contributed by atoms with Crippen LogP contribution in [0.25, 0.3) is 6.08 Å². The molecule has 3 aliphatic rings. The summed E-state index contributed by atoms with van der Waals surface area (Å²) in [5, 5.41) is 1.29. The lowest BCUT2D eigenvalue weighted by Gasteiger charge is -2.38. The Labute approximate surface area is 236 Å². The summed E-state index contributed by atoms with van der Waals surface area (Å²) in [6.45, 7) is 5.56. The molecular formula is C31H24Cl3NO3. The second-order valence-corrected chi connectivity index (χ2v) is 12.5. The van der Waals surface area contributed by atoms with Crippen molar-refractivity contribution in [3.63, 3.8) is 0 Å². The first kappa shape index (κ1) is 25.4. The van der Waals surface area contributed by atoms with Crippen LogP contribution in [0, 0.1) is 10.8 Å². The molecule has 0 aromatic heterocycles. The minimum atomic E-state index is -1.60. The number of carbonyl (C=O) groups is 3. The Bertz CT molecular complexity index is 1550. The van der Waals surface area contributed by atoms with Crippen LogP contribution in [-0.4, -0.2) is 29.4 Å². The zero-order valence-corrected chi connectivity index (χ0v) is 23.2. The summed E-state index contributed by atoms with van der Waals surface area (Å²) in [6, 6.07) is 15.8. The largest absolute Gasteiger partial charge is 0.352 e. The van der Waals surface area contributed by atoms with Gasteiger partial charge >= 0.3 is 0 Å². The Morgan fingerprint density at radius 2 is 1.47 bits per heavy atom. The van der Waals surface area contributed by atoms with E-state index < -0.39 is 28.8 Å². The summed E-state index contributed by atoms with van der Waals surface area (Å²) in [7, 11) is 0. The highest BCUT2D eigenvalue weighted by molar-refractivity contribution is 6.36. The molecule has 3 aromatic rings. The fraction of sp³-hybridized carbons (Fsp3) is 0.258. The second-order valence-electron chi connectivity index (χ2n) is 11.2. The Kier molecular flexibility index (Phi) is 5.70. The molecular weight excluding hydrogens is 541 g/mol. The van der Waals surface area contributed by atoms with E-state index in [4.69, 9.17) is 34.8 Å². The van der Waals surface area contributed by atoms with E-state index in [1.165, 1.54) is 0 Å². The minimum Gasteiger partial charge on any atom is -0.352 e. The summed E-state index contributed by atoms with van der Waals surface area (Å²) in [5.41, 5.74) is 0.468. The molecule has 1 saturated heterocycles. The third kappa shape index (κ3) is 3.33. The number of hydrogen-bond donors (Lipinski definition) is 0. The summed E-state index contributed by atoms with van der Waals surface area (Å²) >= 11 is 19.4. The lowest BCUT2D eigenvalue weighted by molar-refractivity contribution is -0.127. The lowest BCUT2D eigenvalue weighted by Crippen LogP contribution is -2.49. The van der Waals surface area contributed by atoms with Crippen molar-refractivity contribution in [3.05, 3.63) is 104 Å². The molecule has 1 fully saturated rings. The smallest absolute Gasteiger partial charge is 0.180 e. The molecule has 0 saturated carbocycles. The average molecular weight is 565 g/mol. The quantitative estimate of drug-likeness (QED) is 0.299. The van der Waals surface area contributed by atoms with Gasteiger partial charge in [-0.25, -0.2) is 0 Å². The van der Waals surface area contributed by atoms with Gasteiger partial charge in [0.1, 0.15) is 5.41 Å². The van der Waals surface area contributed by atoms with Crippen LogP contribution in [0.2, 0.25) is 15.1 Å². The molecule has 0 radical (unpaired) electrons. The molecule has 1 spiro atoms. The van der Waals surface area contributed by atoms with Crippen LogP contribution in [0.4, 0.5) is 5.69 Å². The lowest BCUT2D eigenvalue weighted by atomic mass is 9.63. The second kappa shape index (κ2) is 8.54. The molecule has 1 aliphatic carbocycles. The van der Waals surface area contributed by atoms with Crippen molar-refractivity contribution in [2.24, 2.45) is 10.8 Å². The molecule has 6 rings (SSSR count). The zero-order chi connectivity index (χ0) is 27.1. The summed E-state index contributed by atoms with van der Waals surface area (Å²) in [4.78, 5) is 45.5. The van der Waals surface area contributed by atoms with Crippen LogP contribution in [-0.2, 0) is 4.79 Å². The van der Waals surface area contributed by atoms with Gasteiger partial charge in [-0.1, -0.05) is 98.1 Å². The highest BCUT2D eigenvalue weighted by atomic mass is 35.5. The van der Waals surface area contributed by atoms with Gasteiger partial charge in [0.2, 0.25) is 0 Å². The topological polar surface area (TPSA) is 54.5 Å². The van der Waals surface area contributed by atoms with Crippen molar-refractivity contribution in [1.29, 1.82) is 0 Å². The number of Topliss-reactive ketones (excluding diaryl/α,β-unsaturated/α-hetero) is 3. The maximum absolute atomic E-state index is 14.5. The van der Waals surface area contributed by atoms with Gasteiger partial charge in [0.15, 0.2) is 17.3 Å². The molecule has 0 N–H and O–H groups in total. The number of carbonyl (C=O) groups excluding carboxylic acids is 3. The summed E-state index contributed by atoms with van der Waals surface area (Å²) in [6.07, 6.45) is 3.76. The predicted octanol–water partition coefficient (Wildman–Crippen LogP) is 7.70. The molecule has 3 aromatic carbocycles. The molecule has 3 atom stereocenters. The Balaban J connectivity index is 1.72. The molecule has 192 valence electrons. The van der Waals surface area contributed by atoms with Crippen molar-refractivity contribution in [2.75, 3.05) is 4.90 Å². The third-order valence-corrected chi connectivity index (χ3v) is 8.87. The van der Waals surface area contributed by atoms with Crippen molar-refractivity contribution >= 4 is 63.9 Å².